The minimum absolute atomic E-state index is 0.705. The highest BCUT2D eigenvalue weighted by atomic mass is 32.1. The van der Waals surface area contributed by atoms with E-state index in [1.54, 1.807) is 0 Å². The third kappa shape index (κ3) is 2.02. The van der Waals surface area contributed by atoms with Gasteiger partial charge in [0.15, 0.2) is 5.82 Å². The lowest BCUT2D eigenvalue weighted by Crippen LogP contribution is -1.95. The molecule has 0 aliphatic carbocycles. The molecule has 18 heavy (non-hydrogen) atoms. The van der Waals surface area contributed by atoms with Crippen molar-refractivity contribution in [2.45, 2.75) is 0 Å². The van der Waals surface area contributed by atoms with Crippen LogP contribution < -0.4 is 15.8 Å². The Morgan fingerprint density at radius 2 is 2.11 bits per heavy atom. The van der Waals surface area contributed by atoms with E-state index in [9.17, 15) is 0 Å². The number of benzene rings is 1. The van der Waals surface area contributed by atoms with Crippen LogP contribution in [0.5, 0.6) is 0 Å². The summed E-state index contributed by atoms with van der Waals surface area (Å²) in [5.74, 6) is 0.743. The molecule has 3 N–H and O–H groups in total. The van der Waals surface area contributed by atoms with Crippen LogP contribution in [0.1, 0.15) is 0 Å². The standard InChI is InChI=1S/C12H9BN4S/c13-10-5-9-11(18-10)12(16-6-15-9)17-8-3-1-2-7(14)4-8/h1-6H,14H2,(H,15,16,17). The van der Waals surface area contributed by atoms with E-state index in [2.05, 4.69) is 15.3 Å². The molecule has 3 rings (SSSR count). The molecule has 0 bridgehead atoms. The molecule has 6 heteroatoms. The Morgan fingerprint density at radius 1 is 1.22 bits per heavy atom. The summed E-state index contributed by atoms with van der Waals surface area (Å²) < 4.78 is 1.67. The summed E-state index contributed by atoms with van der Waals surface area (Å²) in [6.45, 7) is 0. The van der Waals surface area contributed by atoms with Gasteiger partial charge in [-0.1, -0.05) is 6.07 Å². The van der Waals surface area contributed by atoms with Gasteiger partial charge in [-0.05, 0) is 29.0 Å². The molecule has 86 valence electrons. The fraction of sp³-hybridized carbons (Fsp3) is 0. The van der Waals surface area contributed by atoms with Gasteiger partial charge in [0, 0.05) is 11.4 Å². The average molecular weight is 252 g/mol. The molecule has 0 fully saturated rings. The van der Waals surface area contributed by atoms with Crippen LogP contribution in [0, 0.1) is 0 Å². The minimum atomic E-state index is 0.705. The molecular formula is C12H9BN4S. The second kappa shape index (κ2) is 4.31. The van der Waals surface area contributed by atoms with Gasteiger partial charge in [0.2, 0.25) is 0 Å². The molecule has 0 atom stereocenters. The van der Waals surface area contributed by atoms with E-state index >= 15 is 0 Å². The van der Waals surface area contributed by atoms with Gasteiger partial charge in [-0.25, -0.2) is 9.97 Å². The number of nitrogen functional groups attached to an aromatic ring is 1. The van der Waals surface area contributed by atoms with Crippen molar-refractivity contribution in [3.63, 3.8) is 0 Å². The topological polar surface area (TPSA) is 63.8 Å². The first-order valence-corrected chi connectivity index (χ1v) is 6.16. The number of aromatic nitrogens is 2. The van der Waals surface area contributed by atoms with E-state index in [1.165, 1.54) is 17.7 Å². The first-order chi connectivity index (χ1) is 8.72. The molecule has 2 aromatic heterocycles. The van der Waals surface area contributed by atoms with Gasteiger partial charge in [-0.15, -0.1) is 11.3 Å². The Kier molecular flexibility index (Phi) is 2.64. The zero-order valence-corrected chi connectivity index (χ0v) is 10.2. The van der Waals surface area contributed by atoms with Crippen LogP contribution in [-0.2, 0) is 0 Å². The van der Waals surface area contributed by atoms with Gasteiger partial charge in [-0.2, -0.15) is 0 Å². The largest absolute Gasteiger partial charge is 0.399 e. The zero-order valence-electron chi connectivity index (χ0n) is 9.42. The van der Waals surface area contributed by atoms with Gasteiger partial charge in [0.1, 0.15) is 14.2 Å². The van der Waals surface area contributed by atoms with Gasteiger partial charge < -0.3 is 11.1 Å². The van der Waals surface area contributed by atoms with E-state index in [-0.39, 0.29) is 0 Å². The fourth-order valence-corrected chi connectivity index (χ4v) is 2.54. The average Bonchev–Trinajstić information content (AvgIpc) is 2.71. The molecule has 2 heterocycles. The number of thiophene rings is 1. The maximum Gasteiger partial charge on any atom is 0.151 e. The van der Waals surface area contributed by atoms with Crippen LogP contribution in [0.25, 0.3) is 10.2 Å². The van der Waals surface area contributed by atoms with Crippen molar-refractivity contribution >= 4 is 51.4 Å². The van der Waals surface area contributed by atoms with Gasteiger partial charge in [0.05, 0.1) is 10.2 Å². The molecule has 0 spiro atoms. The molecule has 0 saturated carbocycles. The van der Waals surface area contributed by atoms with Crippen LogP contribution in [0.4, 0.5) is 17.2 Å². The van der Waals surface area contributed by atoms with Crippen molar-refractivity contribution in [3.8, 4) is 0 Å². The molecule has 0 unspecified atom stereocenters. The molecule has 0 amide bonds. The Labute approximate surface area is 109 Å². The summed E-state index contributed by atoms with van der Waals surface area (Å²) >= 11 is 1.46. The number of rotatable bonds is 2. The first-order valence-electron chi connectivity index (χ1n) is 5.35. The number of nitrogens with one attached hydrogen (secondary N) is 1. The monoisotopic (exact) mass is 252 g/mol. The van der Waals surface area contributed by atoms with Crippen LogP contribution in [0.2, 0.25) is 0 Å². The van der Waals surface area contributed by atoms with Crippen molar-refractivity contribution in [1.82, 2.24) is 9.97 Å². The third-order valence-electron chi connectivity index (χ3n) is 2.48. The molecular weight excluding hydrogens is 243 g/mol. The lowest BCUT2D eigenvalue weighted by Gasteiger charge is -2.06. The summed E-state index contributed by atoms with van der Waals surface area (Å²) in [4.78, 5) is 8.41. The normalized spacial score (nSPS) is 10.7. The third-order valence-corrected chi connectivity index (χ3v) is 3.44. The minimum Gasteiger partial charge on any atom is -0.399 e. The highest BCUT2D eigenvalue weighted by Crippen LogP contribution is 2.26. The number of nitrogens with zero attached hydrogens (tertiary/aromatic N) is 2. The van der Waals surface area contributed by atoms with Gasteiger partial charge in [0.25, 0.3) is 0 Å². The van der Waals surface area contributed by atoms with E-state index in [1.807, 2.05) is 30.3 Å². The second-order valence-electron chi connectivity index (χ2n) is 3.84. The summed E-state index contributed by atoms with van der Waals surface area (Å²) in [5.41, 5.74) is 8.18. The number of nitrogens with two attached hydrogens (primary N) is 1. The number of hydrogen-bond donors (Lipinski definition) is 2. The Hall–Kier alpha value is -2.08. The fourth-order valence-electron chi connectivity index (χ4n) is 1.72. The van der Waals surface area contributed by atoms with E-state index < -0.39 is 0 Å². The number of hydrogen-bond acceptors (Lipinski definition) is 5. The first kappa shape index (κ1) is 11.0. The highest BCUT2D eigenvalue weighted by molar-refractivity contribution is 7.26. The molecule has 0 saturated heterocycles. The Morgan fingerprint density at radius 3 is 2.94 bits per heavy atom. The zero-order chi connectivity index (χ0) is 12.5. The van der Waals surface area contributed by atoms with Crippen molar-refractivity contribution in [2.75, 3.05) is 11.1 Å². The van der Waals surface area contributed by atoms with Crippen molar-refractivity contribution in [2.24, 2.45) is 0 Å². The SMILES string of the molecule is [B]c1cc2ncnc(Nc3cccc(N)c3)c2s1. The van der Waals surface area contributed by atoms with E-state index in [0.29, 0.717) is 5.69 Å². The van der Waals surface area contributed by atoms with Crippen LogP contribution in [-0.4, -0.2) is 17.8 Å². The predicted molar refractivity (Wildman–Crippen MR) is 76.9 cm³/mol. The molecule has 0 aliphatic rings. The van der Waals surface area contributed by atoms with E-state index in [4.69, 9.17) is 13.6 Å². The quantitative estimate of drug-likeness (QED) is 0.539. The maximum absolute atomic E-state index is 5.78. The van der Waals surface area contributed by atoms with Crippen LogP contribution in [0.15, 0.2) is 36.7 Å². The van der Waals surface area contributed by atoms with Crippen molar-refractivity contribution in [1.29, 1.82) is 0 Å². The summed E-state index contributed by atoms with van der Waals surface area (Å²) in [6, 6.07) is 9.35. The second-order valence-corrected chi connectivity index (χ2v) is 4.92. The van der Waals surface area contributed by atoms with Gasteiger partial charge >= 0.3 is 0 Å². The Bertz CT molecular complexity index is 710. The van der Waals surface area contributed by atoms with Crippen molar-refractivity contribution < 1.29 is 0 Å². The Balaban J connectivity index is 2.04. The number of anilines is 3. The van der Waals surface area contributed by atoms with Crippen LogP contribution >= 0.6 is 11.3 Å². The van der Waals surface area contributed by atoms with Gasteiger partial charge in [-0.3, -0.25) is 0 Å². The van der Waals surface area contributed by atoms with Crippen molar-refractivity contribution in [3.05, 3.63) is 36.7 Å². The summed E-state index contributed by atoms with van der Waals surface area (Å²) in [6.07, 6.45) is 1.52. The highest BCUT2D eigenvalue weighted by Gasteiger charge is 2.06. The summed E-state index contributed by atoms with van der Waals surface area (Å²) in [7, 11) is 5.78. The molecule has 3 aromatic rings. The molecule has 4 nitrogen and oxygen atoms in total. The maximum atomic E-state index is 5.78. The summed E-state index contributed by atoms with van der Waals surface area (Å²) in [5, 5.41) is 3.22. The number of fused-ring (bicyclic) bond motifs is 1. The molecule has 2 radical (unpaired) electrons. The van der Waals surface area contributed by atoms with Crippen LogP contribution in [0.3, 0.4) is 0 Å². The predicted octanol–water partition coefficient (Wildman–Crippen LogP) is 1.81. The van der Waals surface area contributed by atoms with E-state index in [0.717, 1.165) is 26.5 Å². The molecule has 0 aliphatic heterocycles. The molecule has 1 aromatic carbocycles. The smallest absolute Gasteiger partial charge is 0.151 e. The lowest BCUT2D eigenvalue weighted by molar-refractivity contribution is 1.23. The lowest BCUT2D eigenvalue weighted by atomic mass is 10.1.